The number of rotatable bonds is 6. The summed E-state index contributed by atoms with van der Waals surface area (Å²) in [5.41, 5.74) is 1.12. The van der Waals surface area contributed by atoms with E-state index in [0.717, 1.165) is 12.0 Å². The molecule has 2 nitrogen and oxygen atoms in total. The van der Waals surface area contributed by atoms with Crippen LogP contribution < -0.4 is 0 Å². The van der Waals surface area contributed by atoms with Crippen LogP contribution in [-0.4, -0.2) is 35.7 Å². The van der Waals surface area contributed by atoms with Crippen LogP contribution in [0.1, 0.15) is 17.9 Å². The van der Waals surface area contributed by atoms with E-state index in [9.17, 15) is 13.6 Å². The van der Waals surface area contributed by atoms with Crippen LogP contribution in [0.15, 0.2) is 30.3 Å². The smallest absolute Gasteiger partial charge is 0.255 e. The van der Waals surface area contributed by atoms with E-state index in [2.05, 4.69) is 15.9 Å². The van der Waals surface area contributed by atoms with Crippen LogP contribution in [0.2, 0.25) is 0 Å². The molecule has 0 radical (unpaired) electrons. The van der Waals surface area contributed by atoms with Gasteiger partial charge < -0.3 is 4.90 Å². The largest absolute Gasteiger partial charge is 0.336 e. The number of halogens is 3. The molecule has 0 bridgehead atoms. The maximum absolute atomic E-state index is 12.5. The first kappa shape index (κ1) is 14.4. The zero-order valence-electron chi connectivity index (χ0n) is 10.4. The molecular formula is C14H16BrF2NO. The molecule has 1 aromatic carbocycles. The summed E-state index contributed by atoms with van der Waals surface area (Å²) in [5, 5.41) is 0.522. The van der Waals surface area contributed by atoms with Crippen molar-refractivity contribution in [1.29, 1.82) is 0 Å². The Morgan fingerprint density at radius 3 is 2.63 bits per heavy atom. The molecule has 0 aromatic heterocycles. The highest BCUT2D eigenvalue weighted by Crippen LogP contribution is 2.48. The van der Waals surface area contributed by atoms with E-state index in [1.54, 1.807) is 0 Å². The molecule has 1 aliphatic rings. The fourth-order valence-corrected chi connectivity index (χ4v) is 2.76. The highest BCUT2D eigenvalue weighted by atomic mass is 79.9. The summed E-state index contributed by atoms with van der Waals surface area (Å²) in [6.45, 7) is -0.135. The van der Waals surface area contributed by atoms with Gasteiger partial charge in [0.2, 0.25) is 5.91 Å². The van der Waals surface area contributed by atoms with E-state index in [0.29, 0.717) is 11.9 Å². The van der Waals surface area contributed by atoms with Crippen molar-refractivity contribution in [3.05, 3.63) is 35.9 Å². The van der Waals surface area contributed by atoms with Crippen LogP contribution in [0, 0.1) is 5.92 Å². The first-order valence-electron chi connectivity index (χ1n) is 6.31. The molecule has 0 heterocycles. The maximum atomic E-state index is 12.5. The van der Waals surface area contributed by atoms with Crippen LogP contribution in [0.4, 0.5) is 8.78 Å². The third-order valence-electron chi connectivity index (χ3n) is 3.36. The predicted octanol–water partition coefficient (Wildman–Crippen LogP) is 3.28. The standard InChI is InChI=1S/C14H16BrF2NO/c15-6-7-18(9-13(16)17)14(19)12-8-11(12)10-4-2-1-3-5-10/h1-5,11-13H,6-9H2. The summed E-state index contributed by atoms with van der Waals surface area (Å²) in [5.74, 6) is -0.0713. The van der Waals surface area contributed by atoms with Crippen LogP contribution in [0.5, 0.6) is 0 Å². The van der Waals surface area contributed by atoms with Gasteiger partial charge in [0.15, 0.2) is 0 Å². The van der Waals surface area contributed by atoms with Gasteiger partial charge in [0.05, 0.1) is 6.54 Å². The van der Waals surface area contributed by atoms with Crippen molar-refractivity contribution in [3.8, 4) is 0 Å². The Labute approximate surface area is 119 Å². The summed E-state index contributed by atoms with van der Waals surface area (Å²) in [6, 6.07) is 9.77. The van der Waals surface area contributed by atoms with Crippen molar-refractivity contribution in [2.45, 2.75) is 18.8 Å². The number of hydrogen-bond acceptors (Lipinski definition) is 1. The highest BCUT2D eigenvalue weighted by Gasteiger charge is 2.45. The van der Waals surface area contributed by atoms with Gasteiger partial charge in [0.1, 0.15) is 0 Å². The molecule has 2 rings (SSSR count). The molecule has 104 valence electrons. The Kier molecular flexibility index (Phi) is 4.91. The first-order chi connectivity index (χ1) is 9.13. The van der Waals surface area contributed by atoms with Crippen molar-refractivity contribution in [2.24, 2.45) is 5.92 Å². The lowest BCUT2D eigenvalue weighted by Crippen LogP contribution is -2.37. The Balaban J connectivity index is 1.97. The van der Waals surface area contributed by atoms with Crippen LogP contribution in [-0.2, 0) is 4.79 Å². The molecule has 1 amide bonds. The van der Waals surface area contributed by atoms with Gasteiger partial charge in [0.25, 0.3) is 6.43 Å². The lowest BCUT2D eigenvalue weighted by Gasteiger charge is -2.21. The van der Waals surface area contributed by atoms with E-state index >= 15 is 0 Å². The lowest BCUT2D eigenvalue weighted by molar-refractivity contribution is -0.134. The predicted molar refractivity (Wildman–Crippen MR) is 73.7 cm³/mol. The van der Waals surface area contributed by atoms with E-state index in [1.165, 1.54) is 4.90 Å². The quantitative estimate of drug-likeness (QED) is 0.732. The van der Waals surface area contributed by atoms with Gasteiger partial charge in [-0.3, -0.25) is 4.79 Å². The number of alkyl halides is 3. The number of hydrogen-bond donors (Lipinski definition) is 0. The maximum Gasteiger partial charge on any atom is 0.255 e. The molecule has 0 N–H and O–H groups in total. The van der Waals surface area contributed by atoms with Gasteiger partial charge in [-0.05, 0) is 17.9 Å². The van der Waals surface area contributed by atoms with Gasteiger partial charge in [-0.25, -0.2) is 8.78 Å². The fourth-order valence-electron chi connectivity index (χ4n) is 2.33. The molecule has 2 atom stereocenters. The number of nitrogens with zero attached hydrogens (tertiary/aromatic N) is 1. The zero-order valence-corrected chi connectivity index (χ0v) is 12.0. The molecule has 1 aromatic rings. The van der Waals surface area contributed by atoms with E-state index in [1.807, 2.05) is 30.3 Å². The summed E-state index contributed by atoms with van der Waals surface area (Å²) in [7, 11) is 0. The summed E-state index contributed by atoms with van der Waals surface area (Å²) < 4.78 is 24.9. The molecule has 1 fully saturated rings. The highest BCUT2D eigenvalue weighted by molar-refractivity contribution is 9.09. The number of amides is 1. The molecule has 0 saturated heterocycles. The molecular weight excluding hydrogens is 316 g/mol. The molecule has 19 heavy (non-hydrogen) atoms. The Morgan fingerprint density at radius 2 is 2.05 bits per heavy atom. The van der Waals surface area contributed by atoms with Crippen LogP contribution in [0.25, 0.3) is 0 Å². The van der Waals surface area contributed by atoms with Gasteiger partial charge in [-0.2, -0.15) is 0 Å². The minimum atomic E-state index is -2.48. The summed E-state index contributed by atoms with van der Waals surface area (Å²) in [4.78, 5) is 13.5. The van der Waals surface area contributed by atoms with Gasteiger partial charge in [-0.15, -0.1) is 0 Å². The third-order valence-corrected chi connectivity index (χ3v) is 3.71. The summed E-state index contributed by atoms with van der Waals surface area (Å²) >= 11 is 3.20. The van der Waals surface area contributed by atoms with Crippen molar-refractivity contribution < 1.29 is 13.6 Å². The first-order valence-corrected chi connectivity index (χ1v) is 7.43. The Bertz CT molecular complexity index is 427. The molecule has 1 saturated carbocycles. The average molecular weight is 332 g/mol. The second-order valence-electron chi connectivity index (χ2n) is 4.72. The monoisotopic (exact) mass is 331 g/mol. The average Bonchev–Trinajstić information content (AvgIpc) is 3.18. The van der Waals surface area contributed by atoms with E-state index in [4.69, 9.17) is 0 Å². The number of benzene rings is 1. The lowest BCUT2D eigenvalue weighted by atomic mass is 10.1. The van der Waals surface area contributed by atoms with Crippen LogP contribution in [0.3, 0.4) is 0 Å². The second-order valence-corrected chi connectivity index (χ2v) is 5.52. The topological polar surface area (TPSA) is 20.3 Å². The van der Waals surface area contributed by atoms with Crippen LogP contribution >= 0.6 is 15.9 Å². The van der Waals surface area contributed by atoms with E-state index < -0.39 is 13.0 Å². The molecule has 1 aliphatic carbocycles. The molecule has 5 heteroatoms. The van der Waals surface area contributed by atoms with E-state index in [-0.39, 0.29) is 17.7 Å². The minimum absolute atomic E-state index is 0.125. The van der Waals surface area contributed by atoms with Crippen molar-refractivity contribution >= 4 is 21.8 Å². The van der Waals surface area contributed by atoms with Crippen molar-refractivity contribution in [3.63, 3.8) is 0 Å². The Hall–Kier alpha value is -0.970. The Morgan fingerprint density at radius 1 is 1.37 bits per heavy atom. The zero-order chi connectivity index (χ0) is 13.8. The molecule has 0 aliphatic heterocycles. The van der Waals surface area contributed by atoms with Crippen molar-refractivity contribution in [2.75, 3.05) is 18.4 Å². The third kappa shape index (κ3) is 3.75. The van der Waals surface area contributed by atoms with Gasteiger partial charge in [0, 0.05) is 17.8 Å². The molecule has 2 unspecified atom stereocenters. The second kappa shape index (κ2) is 6.46. The normalized spacial score (nSPS) is 21.5. The SMILES string of the molecule is O=C(C1CC1c1ccccc1)N(CCBr)CC(F)F. The molecule has 0 spiro atoms. The van der Waals surface area contributed by atoms with Crippen molar-refractivity contribution in [1.82, 2.24) is 4.90 Å². The van der Waals surface area contributed by atoms with Gasteiger partial charge in [-0.1, -0.05) is 46.3 Å². The summed E-state index contributed by atoms with van der Waals surface area (Å²) in [6.07, 6.45) is -1.71. The minimum Gasteiger partial charge on any atom is -0.336 e. The van der Waals surface area contributed by atoms with Gasteiger partial charge >= 0.3 is 0 Å². The fraction of sp³-hybridized carbons (Fsp3) is 0.500. The number of carbonyl (C=O) groups excluding carboxylic acids is 1. The number of carbonyl (C=O) groups is 1.